The molecule has 3 nitrogen and oxygen atoms in total. The molecule has 2 aromatic carbocycles. The zero-order valence-electron chi connectivity index (χ0n) is 12.5. The van der Waals surface area contributed by atoms with Gasteiger partial charge in [-0.05, 0) is 29.7 Å². The normalized spacial score (nSPS) is 13.5. The minimum Gasteiger partial charge on any atom is -0.326 e. The minimum atomic E-state index is -0.305. The molecule has 0 aliphatic heterocycles. The van der Waals surface area contributed by atoms with Crippen molar-refractivity contribution >= 4 is 11.6 Å². The summed E-state index contributed by atoms with van der Waals surface area (Å²) in [4.78, 5) is 12.3. The molecule has 0 aliphatic rings. The molecule has 110 valence electrons. The Balaban J connectivity index is 2.05. The third-order valence-corrected chi connectivity index (χ3v) is 3.74. The SMILES string of the molecule is CCc1cccc(NC(=O)C(C)C(N)c2ccccc2)c1. The molecule has 0 heterocycles. The lowest BCUT2D eigenvalue weighted by atomic mass is 9.94. The summed E-state index contributed by atoms with van der Waals surface area (Å²) in [5, 5.41) is 2.95. The highest BCUT2D eigenvalue weighted by molar-refractivity contribution is 5.92. The van der Waals surface area contributed by atoms with E-state index in [1.165, 1.54) is 5.56 Å². The van der Waals surface area contributed by atoms with E-state index in [-0.39, 0.29) is 17.9 Å². The number of carbonyl (C=O) groups is 1. The van der Waals surface area contributed by atoms with Crippen molar-refractivity contribution in [2.24, 2.45) is 11.7 Å². The first-order chi connectivity index (χ1) is 10.1. The maximum absolute atomic E-state index is 12.3. The number of benzene rings is 2. The van der Waals surface area contributed by atoms with Crippen LogP contribution in [0.2, 0.25) is 0 Å². The van der Waals surface area contributed by atoms with Gasteiger partial charge in [0.15, 0.2) is 0 Å². The van der Waals surface area contributed by atoms with Crippen LogP contribution in [0.1, 0.15) is 31.0 Å². The lowest BCUT2D eigenvalue weighted by Gasteiger charge is -2.20. The van der Waals surface area contributed by atoms with Crippen LogP contribution in [-0.4, -0.2) is 5.91 Å². The molecule has 0 aliphatic carbocycles. The zero-order valence-corrected chi connectivity index (χ0v) is 12.5. The molecule has 0 saturated heterocycles. The van der Waals surface area contributed by atoms with E-state index in [0.717, 1.165) is 17.7 Å². The second kappa shape index (κ2) is 7.04. The van der Waals surface area contributed by atoms with Crippen molar-refractivity contribution < 1.29 is 4.79 Å². The fraction of sp³-hybridized carbons (Fsp3) is 0.278. The zero-order chi connectivity index (χ0) is 15.2. The number of rotatable bonds is 5. The van der Waals surface area contributed by atoms with E-state index in [0.29, 0.717) is 0 Å². The van der Waals surface area contributed by atoms with Crippen LogP contribution in [0.3, 0.4) is 0 Å². The summed E-state index contributed by atoms with van der Waals surface area (Å²) in [5.74, 6) is -0.350. The highest BCUT2D eigenvalue weighted by Crippen LogP contribution is 2.21. The van der Waals surface area contributed by atoms with Gasteiger partial charge in [-0.3, -0.25) is 4.79 Å². The first-order valence-corrected chi connectivity index (χ1v) is 7.32. The molecule has 1 amide bonds. The Labute approximate surface area is 126 Å². The third-order valence-electron chi connectivity index (χ3n) is 3.74. The minimum absolute atomic E-state index is 0.0559. The number of amides is 1. The molecule has 0 spiro atoms. The average molecular weight is 282 g/mol. The summed E-state index contributed by atoms with van der Waals surface area (Å²) >= 11 is 0. The fourth-order valence-electron chi connectivity index (χ4n) is 2.25. The van der Waals surface area contributed by atoms with Crippen molar-refractivity contribution in [2.45, 2.75) is 26.3 Å². The molecule has 3 N–H and O–H groups in total. The van der Waals surface area contributed by atoms with Gasteiger partial charge in [0.05, 0.1) is 5.92 Å². The van der Waals surface area contributed by atoms with Crippen molar-refractivity contribution in [2.75, 3.05) is 5.32 Å². The Morgan fingerprint density at radius 1 is 1.14 bits per heavy atom. The van der Waals surface area contributed by atoms with E-state index in [4.69, 9.17) is 5.73 Å². The summed E-state index contributed by atoms with van der Waals surface area (Å²) in [5.41, 5.74) is 9.19. The van der Waals surface area contributed by atoms with Gasteiger partial charge in [-0.1, -0.05) is 56.3 Å². The lowest BCUT2D eigenvalue weighted by molar-refractivity contribution is -0.120. The molecule has 3 heteroatoms. The number of aryl methyl sites for hydroxylation is 1. The van der Waals surface area contributed by atoms with Crippen molar-refractivity contribution in [3.05, 3.63) is 65.7 Å². The molecule has 0 saturated carbocycles. The first-order valence-electron chi connectivity index (χ1n) is 7.32. The maximum Gasteiger partial charge on any atom is 0.229 e. The summed E-state index contributed by atoms with van der Waals surface area (Å²) < 4.78 is 0. The van der Waals surface area contributed by atoms with Gasteiger partial charge in [-0.15, -0.1) is 0 Å². The van der Waals surface area contributed by atoms with Crippen LogP contribution < -0.4 is 11.1 Å². The van der Waals surface area contributed by atoms with Gasteiger partial charge in [0, 0.05) is 11.7 Å². The van der Waals surface area contributed by atoms with Crippen LogP contribution in [0.15, 0.2) is 54.6 Å². The fourth-order valence-corrected chi connectivity index (χ4v) is 2.25. The Morgan fingerprint density at radius 3 is 2.52 bits per heavy atom. The Morgan fingerprint density at radius 2 is 1.86 bits per heavy atom. The molecule has 0 bridgehead atoms. The smallest absolute Gasteiger partial charge is 0.229 e. The van der Waals surface area contributed by atoms with Crippen LogP contribution in [0.4, 0.5) is 5.69 Å². The van der Waals surface area contributed by atoms with Crippen molar-refractivity contribution in [3.63, 3.8) is 0 Å². The molecule has 0 aromatic heterocycles. The van der Waals surface area contributed by atoms with Crippen molar-refractivity contribution in [3.8, 4) is 0 Å². The predicted molar refractivity (Wildman–Crippen MR) is 87.0 cm³/mol. The largest absolute Gasteiger partial charge is 0.326 e. The molecule has 0 fully saturated rings. The van der Waals surface area contributed by atoms with Gasteiger partial charge in [0.2, 0.25) is 5.91 Å². The molecule has 2 unspecified atom stereocenters. The van der Waals surface area contributed by atoms with Gasteiger partial charge < -0.3 is 11.1 Å². The van der Waals surface area contributed by atoms with Crippen molar-refractivity contribution in [1.29, 1.82) is 0 Å². The van der Waals surface area contributed by atoms with Crippen molar-refractivity contribution in [1.82, 2.24) is 0 Å². The standard InChI is InChI=1S/C18H22N2O/c1-3-14-8-7-11-16(12-14)20-18(21)13(2)17(19)15-9-5-4-6-10-15/h4-13,17H,3,19H2,1-2H3,(H,20,21). The van der Waals surface area contributed by atoms with Gasteiger partial charge in [-0.25, -0.2) is 0 Å². The van der Waals surface area contributed by atoms with E-state index >= 15 is 0 Å². The maximum atomic E-state index is 12.3. The monoisotopic (exact) mass is 282 g/mol. The van der Waals surface area contributed by atoms with Gasteiger partial charge in [-0.2, -0.15) is 0 Å². The Bertz CT molecular complexity index is 595. The number of anilines is 1. The van der Waals surface area contributed by atoms with E-state index in [2.05, 4.69) is 18.3 Å². The number of nitrogens with two attached hydrogens (primary N) is 1. The molecule has 2 aromatic rings. The second-order valence-corrected chi connectivity index (χ2v) is 5.27. The van der Waals surface area contributed by atoms with Crippen LogP contribution >= 0.6 is 0 Å². The summed E-state index contributed by atoms with van der Waals surface area (Å²) in [7, 11) is 0. The van der Waals surface area contributed by atoms with E-state index in [1.807, 2.05) is 55.5 Å². The number of nitrogens with one attached hydrogen (secondary N) is 1. The van der Waals surface area contributed by atoms with Crippen LogP contribution in [0.25, 0.3) is 0 Å². The predicted octanol–water partition coefficient (Wildman–Crippen LogP) is 3.52. The summed E-state index contributed by atoms with van der Waals surface area (Å²) in [6, 6.07) is 17.3. The third kappa shape index (κ3) is 3.92. The number of hydrogen-bond donors (Lipinski definition) is 2. The van der Waals surface area contributed by atoms with Crippen LogP contribution in [0, 0.1) is 5.92 Å². The number of carbonyl (C=O) groups excluding carboxylic acids is 1. The Kier molecular flexibility index (Phi) is 5.12. The first kappa shape index (κ1) is 15.3. The molecule has 2 atom stereocenters. The molecular formula is C18H22N2O. The topological polar surface area (TPSA) is 55.1 Å². The van der Waals surface area contributed by atoms with E-state index in [9.17, 15) is 4.79 Å². The quantitative estimate of drug-likeness (QED) is 0.881. The van der Waals surface area contributed by atoms with Gasteiger partial charge in [0.1, 0.15) is 0 Å². The summed E-state index contributed by atoms with van der Waals surface area (Å²) in [6.07, 6.45) is 0.947. The van der Waals surface area contributed by atoms with Crippen LogP contribution in [-0.2, 0) is 11.2 Å². The van der Waals surface area contributed by atoms with E-state index in [1.54, 1.807) is 0 Å². The molecule has 21 heavy (non-hydrogen) atoms. The second-order valence-electron chi connectivity index (χ2n) is 5.27. The highest BCUT2D eigenvalue weighted by Gasteiger charge is 2.22. The molecule has 2 rings (SSSR count). The van der Waals surface area contributed by atoms with E-state index < -0.39 is 0 Å². The van der Waals surface area contributed by atoms with Gasteiger partial charge >= 0.3 is 0 Å². The molecular weight excluding hydrogens is 260 g/mol. The van der Waals surface area contributed by atoms with Gasteiger partial charge in [0.25, 0.3) is 0 Å². The average Bonchev–Trinajstić information content (AvgIpc) is 2.54. The molecule has 0 radical (unpaired) electrons. The Hall–Kier alpha value is -2.13. The highest BCUT2D eigenvalue weighted by atomic mass is 16.1. The lowest BCUT2D eigenvalue weighted by Crippen LogP contribution is -2.30. The summed E-state index contributed by atoms with van der Waals surface area (Å²) in [6.45, 7) is 3.95. The van der Waals surface area contributed by atoms with Crippen LogP contribution in [0.5, 0.6) is 0 Å². The number of hydrogen-bond acceptors (Lipinski definition) is 2.